The third kappa shape index (κ3) is 4.36. The molecule has 0 radical (unpaired) electrons. The molecular formula is C22H24F2N4O4. The molecule has 4 rings (SSSR count). The first-order chi connectivity index (χ1) is 15.3. The minimum absolute atomic E-state index is 0.0438. The Morgan fingerprint density at radius 1 is 1.19 bits per heavy atom. The number of carbonyl (C=O) groups excluding carboxylic acids is 2. The summed E-state index contributed by atoms with van der Waals surface area (Å²) in [6.07, 6.45) is 4.33. The summed E-state index contributed by atoms with van der Waals surface area (Å²) in [6, 6.07) is 3.14. The summed E-state index contributed by atoms with van der Waals surface area (Å²) < 4.78 is 28.3. The molecule has 2 amide bonds. The molecule has 2 aromatic rings. The number of pyridine rings is 1. The van der Waals surface area contributed by atoms with E-state index in [-0.39, 0.29) is 29.4 Å². The molecule has 0 saturated carbocycles. The predicted molar refractivity (Wildman–Crippen MR) is 111 cm³/mol. The van der Waals surface area contributed by atoms with Gasteiger partial charge in [0.25, 0.3) is 11.8 Å². The SMILES string of the molecule is O=C(NCc1ccc(F)cc1F)c1cn2c(c(O)c1=O)C(=O)NC[C@@H]1CCCCN1CC2. The largest absolute Gasteiger partial charge is 0.503 e. The minimum Gasteiger partial charge on any atom is -0.503 e. The van der Waals surface area contributed by atoms with Crippen LogP contribution < -0.4 is 16.1 Å². The van der Waals surface area contributed by atoms with Crippen LogP contribution in [0.1, 0.15) is 45.7 Å². The molecule has 1 aromatic carbocycles. The van der Waals surface area contributed by atoms with E-state index in [1.165, 1.54) is 16.8 Å². The zero-order valence-corrected chi connectivity index (χ0v) is 17.4. The van der Waals surface area contributed by atoms with Crippen molar-refractivity contribution in [2.24, 2.45) is 0 Å². The van der Waals surface area contributed by atoms with Gasteiger partial charge in [0.2, 0.25) is 5.43 Å². The third-order valence-electron chi connectivity index (χ3n) is 6.05. The number of hydrogen-bond acceptors (Lipinski definition) is 5. The highest BCUT2D eigenvalue weighted by molar-refractivity contribution is 5.98. The molecule has 0 unspecified atom stereocenters. The summed E-state index contributed by atoms with van der Waals surface area (Å²) in [7, 11) is 0. The topological polar surface area (TPSA) is 104 Å². The Kier molecular flexibility index (Phi) is 6.22. The Morgan fingerprint density at radius 2 is 2.00 bits per heavy atom. The van der Waals surface area contributed by atoms with Crippen LogP contribution in [-0.4, -0.2) is 52.1 Å². The smallest absolute Gasteiger partial charge is 0.271 e. The molecule has 2 aliphatic rings. The number of amides is 2. The van der Waals surface area contributed by atoms with Crippen LogP contribution in [0.15, 0.2) is 29.2 Å². The first-order valence-corrected chi connectivity index (χ1v) is 10.6. The molecule has 0 aliphatic carbocycles. The monoisotopic (exact) mass is 446 g/mol. The molecule has 3 heterocycles. The molecule has 170 valence electrons. The van der Waals surface area contributed by atoms with Crippen LogP contribution in [-0.2, 0) is 13.1 Å². The molecule has 32 heavy (non-hydrogen) atoms. The van der Waals surface area contributed by atoms with Crippen LogP contribution in [0.4, 0.5) is 8.78 Å². The van der Waals surface area contributed by atoms with Crippen LogP contribution in [0.2, 0.25) is 0 Å². The maximum atomic E-state index is 13.8. The van der Waals surface area contributed by atoms with Gasteiger partial charge in [-0.15, -0.1) is 0 Å². The molecule has 1 aromatic heterocycles. The lowest BCUT2D eigenvalue weighted by atomic mass is 10.0. The summed E-state index contributed by atoms with van der Waals surface area (Å²) in [5.74, 6) is -3.78. The molecular weight excluding hydrogens is 422 g/mol. The Morgan fingerprint density at radius 3 is 2.78 bits per heavy atom. The highest BCUT2D eigenvalue weighted by Gasteiger charge is 2.29. The molecule has 0 bridgehead atoms. The third-order valence-corrected chi connectivity index (χ3v) is 6.05. The zero-order valence-electron chi connectivity index (χ0n) is 17.4. The van der Waals surface area contributed by atoms with E-state index in [1.54, 1.807) is 0 Å². The number of carbonyl (C=O) groups is 2. The average Bonchev–Trinajstić information content (AvgIpc) is 2.84. The van der Waals surface area contributed by atoms with E-state index in [0.717, 1.165) is 31.9 Å². The fourth-order valence-electron chi connectivity index (χ4n) is 4.28. The molecule has 1 saturated heterocycles. The first-order valence-electron chi connectivity index (χ1n) is 10.6. The van der Waals surface area contributed by atoms with Gasteiger partial charge in [-0.25, -0.2) is 8.78 Å². The average molecular weight is 446 g/mol. The molecule has 2 aliphatic heterocycles. The number of halogens is 2. The van der Waals surface area contributed by atoms with E-state index >= 15 is 0 Å². The van der Waals surface area contributed by atoms with E-state index < -0.39 is 34.6 Å². The van der Waals surface area contributed by atoms with Gasteiger partial charge in [0.1, 0.15) is 17.2 Å². The predicted octanol–water partition coefficient (Wildman–Crippen LogP) is 1.36. The van der Waals surface area contributed by atoms with Crippen LogP contribution in [0.5, 0.6) is 5.75 Å². The number of benzene rings is 1. The van der Waals surface area contributed by atoms with Gasteiger partial charge in [0.15, 0.2) is 11.4 Å². The maximum Gasteiger partial charge on any atom is 0.271 e. The van der Waals surface area contributed by atoms with E-state index in [4.69, 9.17) is 0 Å². The van der Waals surface area contributed by atoms with Crippen molar-refractivity contribution in [3.63, 3.8) is 0 Å². The lowest BCUT2D eigenvalue weighted by molar-refractivity contribution is 0.0913. The maximum absolute atomic E-state index is 13.8. The normalized spacial score (nSPS) is 19.1. The summed E-state index contributed by atoms with van der Waals surface area (Å²) in [6.45, 7) is 1.93. The molecule has 3 N–H and O–H groups in total. The van der Waals surface area contributed by atoms with Crippen molar-refractivity contribution in [2.75, 3.05) is 19.6 Å². The van der Waals surface area contributed by atoms with Gasteiger partial charge in [0.05, 0.1) is 0 Å². The summed E-state index contributed by atoms with van der Waals surface area (Å²) in [4.78, 5) is 40.2. The number of aromatic nitrogens is 1. The second-order valence-corrected chi connectivity index (χ2v) is 8.08. The standard InChI is InChI=1S/C22H24F2N4O4/c23-14-5-4-13(17(24)9-14)10-25-21(31)16-12-28-8-7-27-6-2-1-3-15(27)11-26-22(32)18(28)20(30)19(16)29/h4-5,9,12,15,30H,1-3,6-8,10-11H2,(H,25,31)(H,26,32)/t15-/m0/s1. The minimum atomic E-state index is -0.986. The molecule has 8 nitrogen and oxygen atoms in total. The fraction of sp³-hybridized carbons (Fsp3) is 0.409. The van der Waals surface area contributed by atoms with E-state index in [9.17, 15) is 28.3 Å². The number of nitrogens with one attached hydrogen (secondary N) is 2. The lowest BCUT2D eigenvalue weighted by Gasteiger charge is -2.35. The van der Waals surface area contributed by atoms with E-state index in [2.05, 4.69) is 15.5 Å². The van der Waals surface area contributed by atoms with Crippen LogP contribution in [0.25, 0.3) is 0 Å². The Hall–Kier alpha value is -3.27. The van der Waals surface area contributed by atoms with E-state index in [1.807, 2.05) is 0 Å². The number of fused-ring (bicyclic) bond motifs is 2. The van der Waals surface area contributed by atoms with Crippen molar-refractivity contribution >= 4 is 11.8 Å². The first kappa shape index (κ1) is 21.9. The lowest BCUT2D eigenvalue weighted by Crippen LogP contribution is -2.46. The highest BCUT2D eigenvalue weighted by Crippen LogP contribution is 2.20. The number of piperidine rings is 1. The molecule has 1 fully saturated rings. The molecule has 0 spiro atoms. The van der Waals surface area contributed by atoms with Gasteiger partial charge in [-0.1, -0.05) is 12.5 Å². The fourth-order valence-corrected chi connectivity index (χ4v) is 4.28. The van der Waals surface area contributed by atoms with Crippen molar-refractivity contribution < 1.29 is 23.5 Å². The van der Waals surface area contributed by atoms with Crippen LogP contribution in [0.3, 0.4) is 0 Å². The van der Waals surface area contributed by atoms with Gasteiger partial charge in [-0.05, 0) is 25.5 Å². The summed E-state index contributed by atoms with van der Waals surface area (Å²) in [5, 5.41) is 15.7. The van der Waals surface area contributed by atoms with Crippen molar-refractivity contribution in [1.82, 2.24) is 20.1 Å². The Balaban J connectivity index is 1.60. The van der Waals surface area contributed by atoms with Gasteiger partial charge in [-0.2, -0.15) is 0 Å². The van der Waals surface area contributed by atoms with Gasteiger partial charge in [0, 0.05) is 50.0 Å². The summed E-state index contributed by atoms with van der Waals surface area (Å²) >= 11 is 0. The van der Waals surface area contributed by atoms with Gasteiger partial charge >= 0.3 is 0 Å². The Bertz CT molecular complexity index is 1120. The van der Waals surface area contributed by atoms with Crippen molar-refractivity contribution in [3.05, 3.63) is 63.1 Å². The highest BCUT2D eigenvalue weighted by atomic mass is 19.1. The second kappa shape index (κ2) is 9.07. The second-order valence-electron chi connectivity index (χ2n) is 8.08. The number of aromatic hydroxyl groups is 1. The quantitative estimate of drug-likeness (QED) is 0.661. The number of nitrogens with zero attached hydrogens (tertiary/aromatic N) is 2. The number of rotatable bonds is 3. The van der Waals surface area contributed by atoms with Crippen LogP contribution in [0, 0.1) is 11.6 Å². The zero-order chi connectivity index (χ0) is 22.8. The summed E-state index contributed by atoms with van der Waals surface area (Å²) in [5.41, 5.74) is -1.49. The van der Waals surface area contributed by atoms with Gasteiger partial charge in [-0.3, -0.25) is 19.3 Å². The van der Waals surface area contributed by atoms with Crippen molar-refractivity contribution in [2.45, 2.75) is 38.4 Å². The van der Waals surface area contributed by atoms with Crippen molar-refractivity contribution in [1.29, 1.82) is 0 Å². The van der Waals surface area contributed by atoms with Gasteiger partial charge < -0.3 is 20.3 Å². The van der Waals surface area contributed by atoms with E-state index in [0.29, 0.717) is 25.7 Å². The molecule has 1 atom stereocenters. The molecule has 10 heteroatoms. The van der Waals surface area contributed by atoms with Crippen LogP contribution >= 0.6 is 0 Å². The Labute approximate surface area is 182 Å². The van der Waals surface area contributed by atoms with Crippen molar-refractivity contribution in [3.8, 4) is 5.75 Å². The number of hydrogen-bond donors (Lipinski definition) is 3.